The van der Waals surface area contributed by atoms with Crippen molar-refractivity contribution < 1.29 is 13.9 Å². The highest BCUT2D eigenvalue weighted by molar-refractivity contribution is 5.81. The first kappa shape index (κ1) is 21.0. The molecule has 0 spiro atoms. The third-order valence-electron chi connectivity index (χ3n) is 5.13. The van der Waals surface area contributed by atoms with Gasteiger partial charge in [-0.3, -0.25) is 0 Å². The Bertz CT molecular complexity index is 1580. The molecule has 2 aromatic carbocycles. The van der Waals surface area contributed by atoms with Gasteiger partial charge < -0.3 is 10.8 Å². The monoisotopic (exact) mass is 456 g/mol. The maximum atomic E-state index is 14.3. The van der Waals surface area contributed by atoms with E-state index in [1.807, 2.05) is 0 Å². The van der Waals surface area contributed by atoms with Gasteiger partial charge in [-0.2, -0.15) is 5.26 Å². The molecule has 1 atom stereocenters. The Morgan fingerprint density at radius 1 is 1.09 bits per heavy atom. The largest absolute Gasteiger partial charge is 0.381 e. The van der Waals surface area contributed by atoms with Gasteiger partial charge in [0, 0.05) is 17.3 Å². The first-order chi connectivity index (χ1) is 16.5. The van der Waals surface area contributed by atoms with Crippen LogP contribution < -0.4 is 5.73 Å². The number of nitrogen functional groups attached to an aromatic ring is 1. The number of fused-ring (bicyclic) bond motifs is 1. The van der Waals surface area contributed by atoms with Crippen LogP contribution in [0.4, 0.5) is 14.6 Å². The summed E-state index contributed by atoms with van der Waals surface area (Å²) in [4.78, 5) is 16.9. The van der Waals surface area contributed by atoms with Crippen molar-refractivity contribution >= 4 is 11.5 Å². The molecule has 0 aliphatic rings. The molecular formula is C23H14F2N8O. The molecule has 0 bridgehead atoms. The molecule has 0 amide bonds. The van der Waals surface area contributed by atoms with E-state index >= 15 is 0 Å². The predicted molar refractivity (Wildman–Crippen MR) is 117 cm³/mol. The van der Waals surface area contributed by atoms with Crippen molar-refractivity contribution in [3.05, 3.63) is 89.6 Å². The second-order valence-corrected chi connectivity index (χ2v) is 7.23. The predicted octanol–water partition coefficient (Wildman–Crippen LogP) is 3.06. The van der Waals surface area contributed by atoms with Crippen molar-refractivity contribution in [3.8, 4) is 28.7 Å². The summed E-state index contributed by atoms with van der Waals surface area (Å²) in [6.45, 7) is 0. The molecule has 1 unspecified atom stereocenters. The zero-order chi connectivity index (χ0) is 23.8. The normalized spacial score (nSPS) is 11.9. The van der Waals surface area contributed by atoms with Gasteiger partial charge in [-0.15, -0.1) is 5.10 Å². The number of hydrogen-bond donors (Lipinski definition) is 2. The molecule has 0 saturated carbocycles. The van der Waals surface area contributed by atoms with E-state index in [2.05, 4.69) is 31.1 Å². The Morgan fingerprint density at radius 3 is 2.68 bits per heavy atom. The van der Waals surface area contributed by atoms with Gasteiger partial charge >= 0.3 is 0 Å². The Hall–Kier alpha value is -4.82. The summed E-state index contributed by atoms with van der Waals surface area (Å²) in [5.74, 6) is -2.55. The Labute approximate surface area is 190 Å². The number of aromatic nitrogens is 6. The van der Waals surface area contributed by atoms with Gasteiger partial charge in [0.2, 0.25) is 0 Å². The van der Waals surface area contributed by atoms with Gasteiger partial charge in [-0.25, -0.2) is 33.2 Å². The van der Waals surface area contributed by atoms with Crippen molar-refractivity contribution in [2.75, 3.05) is 5.73 Å². The lowest BCUT2D eigenvalue weighted by atomic mass is 10.0. The average Bonchev–Trinajstić information content (AvgIpc) is 3.32. The third kappa shape index (κ3) is 3.48. The summed E-state index contributed by atoms with van der Waals surface area (Å²) >= 11 is 0. The van der Waals surface area contributed by atoms with E-state index in [1.165, 1.54) is 29.2 Å². The summed E-state index contributed by atoms with van der Waals surface area (Å²) in [6, 6.07) is 13.9. The van der Waals surface area contributed by atoms with Gasteiger partial charge in [0.1, 0.15) is 23.8 Å². The van der Waals surface area contributed by atoms with Crippen LogP contribution >= 0.6 is 0 Å². The van der Waals surface area contributed by atoms with Crippen molar-refractivity contribution in [3.63, 3.8) is 0 Å². The van der Waals surface area contributed by atoms with E-state index in [1.54, 1.807) is 30.3 Å². The molecule has 3 aromatic heterocycles. The highest BCUT2D eigenvalue weighted by atomic mass is 19.2. The Kier molecular flexibility index (Phi) is 5.12. The minimum absolute atomic E-state index is 0.0270. The molecule has 0 aliphatic carbocycles. The van der Waals surface area contributed by atoms with Gasteiger partial charge in [-0.05, 0) is 24.3 Å². The lowest BCUT2D eigenvalue weighted by Crippen LogP contribution is -2.07. The van der Waals surface area contributed by atoms with Crippen molar-refractivity contribution in [2.45, 2.75) is 6.10 Å². The fourth-order valence-corrected chi connectivity index (χ4v) is 3.56. The first-order valence-electron chi connectivity index (χ1n) is 9.93. The van der Waals surface area contributed by atoms with Crippen LogP contribution in [0.5, 0.6) is 0 Å². The second kappa shape index (κ2) is 8.27. The number of anilines is 1. The number of aliphatic hydroxyl groups is 1. The van der Waals surface area contributed by atoms with Gasteiger partial charge in [0.25, 0.3) is 0 Å². The minimum Gasteiger partial charge on any atom is -0.381 e. The van der Waals surface area contributed by atoms with E-state index in [0.717, 1.165) is 6.07 Å². The van der Waals surface area contributed by atoms with Crippen LogP contribution in [0.3, 0.4) is 0 Å². The molecule has 5 aromatic rings. The Morgan fingerprint density at radius 2 is 1.91 bits per heavy atom. The number of aliphatic hydroxyl groups excluding tert-OH is 1. The number of nitrogens with two attached hydrogens (primary N) is 1. The molecule has 9 nitrogen and oxygen atoms in total. The summed E-state index contributed by atoms with van der Waals surface area (Å²) in [6.07, 6.45) is 1.19. The Balaban J connectivity index is 1.78. The molecule has 0 aliphatic heterocycles. The van der Waals surface area contributed by atoms with Crippen LogP contribution in [0.25, 0.3) is 28.3 Å². The zero-order valence-corrected chi connectivity index (χ0v) is 17.3. The highest BCUT2D eigenvalue weighted by Gasteiger charge is 2.26. The van der Waals surface area contributed by atoms with E-state index in [9.17, 15) is 19.1 Å². The van der Waals surface area contributed by atoms with E-state index in [4.69, 9.17) is 5.73 Å². The number of rotatable bonds is 4. The maximum Gasteiger partial charge on any atom is 0.199 e. The van der Waals surface area contributed by atoms with Gasteiger partial charge in [0.15, 0.2) is 28.9 Å². The van der Waals surface area contributed by atoms with Crippen LogP contribution in [0.15, 0.2) is 61.1 Å². The van der Waals surface area contributed by atoms with Gasteiger partial charge in [0.05, 0.1) is 17.3 Å². The van der Waals surface area contributed by atoms with Crippen LogP contribution in [0, 0.1) is 23.0 Å². The minimum atomic E-state index is -1.67. The molecule has 5 rings (SSSR count). The highest BCUT2D eigenvalue weighted by Crippen LogP contribution is 2.33. The summed E-state index contributed by atoms with van der Waals surface area (Å²) in [5, 5.41) is 24.4. The van der Waals surface area contributed by atoms with Crippen LogP contribution in [-0.2, 0) is 0 Å². The molecule has 11 heteroatoms. The zero-order valence-electron chi connectivity index (χ0n) is 17.3. The SMILES string of the molecule is N#Cc1cccc(-c2nc(N)c3nc(C(O)c4cccc(F)c4F)nn3c2-c2ccncn2)c1. The molecule has 0 radical (unpaired) electrons. The van der Waals surface area contributed by atoms with Crippen LogP contribution in [-0.4, -0.2) is 34.7 Å². The van der Waals surface area contributed by atoms with E-state index < -0.39 is 17.7 Å². The summed E-state index contributed by atoms with van der Waals surface area (Å²) in [7, 11) is 0. The van der Waals surface area contributed by atoms with Crippen LogP contribution in [0.1, 0.15) is 23.1 Å². The molecule has 0 fully saturated rings. The molecule has 34 heavy (non-hydrogen) atoms. The molecule has 3 heterocycles. The van der Waals surface area contributed by atoms with Crippen LogP contribution in [0.2, 0.25) is 0 Å². The van der Waals surface area contributed by atoms with E-state index in [-0.39, 0.29) is 22.9 Å². The topological polar surface area (TPSA) is 139 Å². The fourth-order valence-electron chi connectivity index (χ4n) is 3.56. The molecule has 166 valence electrons. The average molecular weight is 456 g/mol. The number of halogens is 2. The first-order valence-corrected chi connectivity index (χ1v) is 9.93. The maximum absolute atomic E-state index is 14.3. The van der Waals surface area contributed by atoms with Crippen molar-refractivity contribution in [1.29, 1.82) is 5.26 Å². The number of nitriles is 1. The standard InChI is InChI=1S/C23H14F2N8O/c24-15-6-2-5-14(17(15)25)20(34)22-31-23-21(27)30-18(13-4-1-3-12(9-13)10-26)19(33(23)32-22)16-7-8-28-11-29-16/h1-9,11,20,34H,(H2,27,30). The quantitative estimate of drug-likeness (QED) is 0.421. The summed E-state index contributed by atoms with van der Waals surface area (Å²) in [5.41, 5.74) is 8.01. The number of hydrogen-bond acceptors (Lipinski definition) is 8. The summed E-state index contributed by atoms with van der Waals surface area (Å²) < 4.78 is 29.3. The number of nitrogens with zero attached hydrogens (tertiary/aromatic N) is 7. The molecule has 0 saturated heterocycles. The molecular weight excluding hydrogens is 442 g/mol. The van der Waals surface area contributed by atoms with Crippen molar-refractivity contribution in [1.82, 2.24) is 29.5 Å². The van der Waals surface area contributed by atoms with E-state index in [0.29, 0.717) is 28.2 Å². The van der Waals surface area contributed by atoms with Crippen molar-refractivity contribution in [2.24, 2.45) is 0 Å². The lowest BCUT2D eigenvalue weighted by Gasteiger charge is -2.12. The molecule has 3 N–H and O–H groups in total. The third-order valence-corrected chi connectivity index (χ3v) is 5.13. The number of benzene rings is 2. The second-order valence-electron chi connectivity index (χ2n) is 7.23. The smallest absolute Gasteiger partial charge is 0.199 e. The fraction of sp³-hybridized carbons (Fsp3) is 0.0435. The lowest BCUT2D eigenvalue weighted by molar-refractivity contribution is 0.203. The van der Waals surface area contributed by atoms with Gasteiger partial charge in [-0.1, -0.05) is 24.3 Å².